The molecule has 0 unspecified atom stereocenters. The second-order valence-electron chi connectivity index (χ2n) is 5.43. The first-order valence-electron chi connectivity index (χ1n) is 6.96. The summed E-state index contributed by atoms with van der Waals surface area (Å²) in [6.45, 7) is 3.44. The molecule has 1 saturated heterocycles. The van der Waals surface area contributed by atoms with Crippen LogP contribution in [0.3, 0.4) is 0 Å². The third-order valence-corrected chi connectivity index (χ3v) is 5.24. The number of benzene rings is 1. The summed E-state index contributed by atoms with van der Waals surface area (Å²) in [4.78, 5) is 16.2. The average Bonchev–Trinajstić information content (AvgIpc) is 3.04. The third-order valence-electron chi connectivity index (χ3n) is 3.73. The van der Waals surface area contributed by atoms with E-state index < -0.39 is 0 Å². The van der Waals surface area contributed by atoms with Crippen LogP contribution in [-0.2, 0) is 0 Å². The fraction of sp³-hybridized carbons (Fsp3) is 0.312. The van der Waals surface area contributed by atoms with Gasteiger partial charge in [0.15, 0.2) is 0 Å². The monoisotopic (exact) mass is 356 g/mol. The zero-order chi connectivity index (χ0) is 15.0. The molecular formula is C16H18Cl2N2OS. The van der Waals surface area contributed by atoms with Crippen LogP contribution in [0, 0.1) is 6.92 Å². The predicted molar refractivity (Wildman–Crippen MR) is 95.2 cm³/mol. The van der Waals surface area contributed by atoms with E-state index in [1.807, 2.05) is 42.2 Å². The van der Waals surface area contributed by atoms with Gasteiger partial charge >= 0.3 is 0 Å². The molecule has 0 bridgehead atoms. The second-order valence-corrected chi connectivity index (χ2v) is 6.92. The van der Waals surface area contributed by atoms with Crippen molar-refractivity contribution in [3.8, 4) is 10.4 Å². The van der Waals surface area contributed by atoms with Crippen LogP contribution in [-0.4, -0.2) is 29.9 Å². The lowest BCUT2D eigenvalue weighted by Crippen LogP contribution is -2.31. The number of halogens is 2. The molecule has 2 heterocycles. The van der Waals surface area contributed by atoms with Gasteiger partial charge in [0.05, 0.1) is 4.88 Å². The van der Waals surface area contributed by atoms with E-state index in [0.717, 1.165) is 33.8 Å². The lowest BCUT2D eigenvalue weighted by molar-refractivity contribution is 0.0795. The number of nitrogens with zero attached hydrogens (tertiary/aromatic N) is 1. The fourth-order valence-corrected chi connectivity index (χ4v) is 3.96. The highest BCUT2D eigenvalue weighted by Crippen LogP contribution is 2.34. The van der Waals surface area contributed by atoms with Crippen LogP contribution < -0.4 is 5.73 Å². The molecule has 1 fully saturated rings. The smallest absolute Gasteiger partial charge is 0.264 e. The summed E-state index contributed by atoms with van der Waals surface area (Å²) >= 11 is 7.58. The van der Waals surface area contributed by atoms with E-state index in [1.165, 1.54) is 11.3 Å². The van der Waals surface area contributed by atoms with Crippen molar-refractivity contribution < 1.29 is 4.79 Å². The van der Waals surface area contributed by atoms with Gasteiger partial charge in [-0.2, -0.15) is 0 Å². The van der Waals surface area contributed by atoms with E-state index in [-0.39, 0.29) is 24.4 Å². The Morgan fingerprint density at radius 1 is 1.41 bits per heavy atom. The van der Waals surface area contributed by atoms with Crippen molar-refractivity contribution in [3.05, 3.63) is 45.8 Å². The van der Waals surface area contributed by atoms with E-state index in [9.17, 15) is 4.79 Å². The van der Waals surface area contributed by atoms with Crippen LogP contribution >= 0.6 is 35.3 Å². The average molecular weight is 357 g/mol. The molecule has 6 heteroatoms. The van der Waals surface area contributed by atoms with Crippen molar-refractivity contribution in [1.82, 2.24) is 4.90 Å². The molecule has 3 nitrogen and oxygen atoms in total. The minimum Gasteiger partial charge on any atom is -0.336 e. The Hall–Kier alpha value is -1.07. The van der Waals surface area contributed by atoms with Crippen molar-refractivity contribution in [2.75, 3.05) is 13.1 Å². The maximum absolute atomic E-state index is 12.5. The Balaban J connectivity index is 0.00000176. The number of thiophene rings is 1. The molecule has 0 saturated carbocycles. The van der Waals surface area contributed by atoms with Gasteiger partial charge in [-0.15, -0.1) is 23.7 Å². The van der Waals surface area contributed by atoms with Crippen LogP contribution in [0.25, 0.3) is 10.4 Å². The van der Waals surface area contributed by atoms with E-state index >= 15 is 0 Å². The molecule has 2 aromatic rings. The molecule has 1 amide bonds. The standard InChI is InChI=1S/C16H17ClN2OS.ClH/c1-10-7-14(16(20)19-6-5-13(18)9-19)21-15(10)11-3-2-4-12(17)8-11;/h2-4,7-8,13H,5-6,9,18H2,1H3;1H/t13-;/m1./s1. The predicted octanol–water partition coefficient (Wildman–Crippen LogP) is 3.97. The molecule has 1 aromatic carbocycles. The largest absolute Gasteiger partial charge is 0.336 e. The van der Waals surface area contributed by atoms with Crippen LogP contribution in [0.1, 0.15) is 21.7 Å². The van der Waals surface area contributed by atoms with Crippen LogP contribution in [0.4, 0.5) is 0 Å². The van der Waals surface area contributed by atoms with E-state index in [4.69, 9.17) is 17.3 Å². The Labute approximate surface area is 145 Å². The van der Waals surface area contributed by atoms with Gasteiger partial charge in [-0.05, 0) is 42.7 Å². The van der Waals surface area contributed by atoms with Crippen molar-refractivity contribution in [1.29, 1.82) is 0 Å². The maximum atomic E-state index is 12.5. The van der Waals surface area contributed by atoms with Crippen molar-refractivity contribution >= 4 is 41.3 Å². The normalized spacial score (nSPS) is 17.4. The van der Waals surface area contributed by atoms with Gasteiger partial charge in [-0.3, -0.25) is 4.79 Å². The van der Waals surface area contributed by atoms with E-state index in [2.05, 4.69) is 0 Å². The summed E-state index contributed by atoms with van der Waals surface area (Å²) in [6, 6.07) is 9.81. The molecule has 1 aliphatic heterocycles. The van der Waals surface area contributed by atoms with E-state index in [1.54, 1.807) is 0 Å². The molecule has 2 N–H and O–H groups in total. The highest BCUT2D eigenvalue weighted by molar-refractivity contribution is 7.17. The van der Waals surface area contributed by atoms with Crippen LogP contribution in [0.5, 0.6) is 0 Å². The molecule has 1 aromatic heterocycles. The Kier molecular flexibility index (Phi) is 5.50. The van der Waals surface area contributed by atoms with Gasteiger partial charge in [-0.1, -0.05) is 23.7 Å². The first kappa shape index (κ1) is 17.3. The van der Waals surface area contributed by atoms with Gasteiger partial charge in [-0.25, -0.2) is 0 Å². The number of hydrogen-bond donors (Lipinski definition) is 1. The second kappa shape index (κ2) is 7.01. The molecule has 1 aliphatic rings. The number of amides is 1. The Bertz CT molecular complexity index is 687. The lowest BCUT2D eigenvalue weighted by Gasteiger charge is -2.14. The minimum absolute atomic E-state index is 0. The molecule has 0 spiro atoms. The highest BCUT2D eigenvalue weighted by Gasteiger charge is 2.26. The van der Waals surface area contributed by atoms with Gasteiger partial charge in [0.2, 0.25) is 0 Å². The third kappa shape index (κ3) is 3.46. The van der Waals surface area contributed by atoms with Crippen molar-refractivity contribution in [2.45, 2.75) is 19.4 Å². The lowest BCUT2D eigenvalue weighted by atomic mass is 10.1. The number of hydrogen-bond acceptors (Lipinski definition) is 3. The van der Waals surface area contributed by atoms with Crippen LogP contribution in [0.15, 0.2) is 30.3 Å². The number of aryl methyl sites for hydroxylation is 1. The first-order chi connectivity index (χ1) is 10.0. The number of carbonyl (C=O) groups is 1. The molecule has 0 aliphatic carbocycles. The summed E-state index contributed by atoms with van der Waals surface area (Å²) in [5, 5.41) is 0.707. The van der Waals surface area contributed by atoms with E-state index in [0.29, 0.717) is 11.6 Å². The van der Waals surface area contributed by atoms with Crippen molar-refractivity contribution in [3.63, 3.8) is 0 Å². The van der Waals surface area contributed by atoms with Gasteiger partial charge in [0, 0.05) is 29.0 Å². The summed E-state index contributed by atoms with van der Waals surface area (Å²) in [7, 11) is 0. The van der Waals surface area contributed by atoms with Crippen molar-refractivity contribution in [2.24, 2.45) is 5.73 Å². The summed E-state index contributed by atoms with van der Waals surface area (Å²) < 4.78 is 0. The fourth-order valence-electron chi connectivity index (χ4n) is 2.63. The summed E-state index contributed by atoms with van der Waals surface area (Å²) in [6.07, 6.45) is 0.886. The first-order valence-corrected chi connectivity index (χ1v) is 8.15. The molecule has 1 atom stereocenters. The number of likely N-dealkylation sites (tertiary alicyclic amines) is 1. The zero-order valence-corrected chi connectivity index (χ0v) is 14.6. The molecule has 0 radical (unpaired) electrons. The molecule has 118 valence electrons. The number of nitrogens with two attached hydrogens (primary N) is 1. The quantitative estimate of drug-likeness (QED) is 0.884. The van der Waals surface area contributed by atoms with Gasteiger partial charge in [0.1, 0.15) is 0 Å². The van der Waals surface area contributed by atoms with Gasteiger partial charge < -0.3 is 10.6 Å². The molecular weight excluding hydrogens is 339 g/mol. The Morgan fingerprint density at radius 3 is 2.82 bits per heavy atom. The summed E-state index contributed by atoms with van der Waals surface area (Å²) in [5.74, 6) is 0.0873. The van der Waals surface area contributed by atoms with Gasteiger partial charge in [0.25, 0.3) is 5.91 Å². The maximum Gasteiger partial charge on any atom is 0.264 e. The van der Waals surface area contributed by atoms with Crippen LogP contribution in [0.2, 0.25) is 5.02 Å². The molecule has 22 heavy (non-hydrogen) atoms. The zero-order valence-electron chi connectivity index (χ0n) is 12.2. The molecule has 3 rings (SSSR count). The number of rotatable bonds is 2. The summed E-state index contributed by atoms with van der Waals surface area (Å²) in [5.41, 5.74) is 8.04. The topological polar surface area (TPSA) is 46.3 Å². The SMILES string of the molecule is Cc1cc(C(=O)N2CC[C@@H](N)C2)sc1-c1cccc(Cl)c1.Cl. The minimum atomic E-state index is 0. The number of carbonyl (C=O) groups excluding carboxylic acids is 1. The highest BCUT2D eigenvalue weighted by atomic mass is 35.5. The Morgan fingerprint density at radius 2 is 2.18 bits per heavy atom.